The van der Waals surface area contributed by atoms with Gasteiger partial charge in [0.1, 0.15) is 0 Å². The molecule has 5 nitrogen and oxygen atoms in total. The number of nitrogens with zero attached hydrogens (tertiary/aromatic N) is 1. The van der Waals surface area contributed by atoms with E-state index in [9.17, 15) is 8.42 Å². The molecule has 74 valence electrons. The molecule has 1 aromatic carbocycles. The number of nitriles is 1. The Morgan fingerprint density at radius 1 is 1.50 bits per heavy atom. The van der Waals surface area contributed by atoms with Crippen LogP contribution < -0.4 is 9.86 Å². The maximum Gasteiger partial charge on any atom is 0.296 e. The van der Waals surface area contributed by atoms with Crippen LogP contribution in [0, 0.1) is 11.3 Å². The first kappa shape index (κ1) is 10.8. The molecule has 0 unspecified atom stereocenters. The Balaban J connectivity index is 3.15. The van der Waals surface area contributed by atoms with Crippen LogP contribution in [0.5, 0.6) is 0 Å². The fraction of sp³-hybridized carbons (Fsp3) is 0. The second-order valence-corrected chi connectivity index (χ2v) is 4.15. The van der Waals surface area contributed by atoms with Gasteiger partial charge in [0.25, 0.3) is 10.2 Å². The Bertz CT molecular complexity index is 492. The summed E-state index contributed by atoms with van der Waals surface area (Å²) in [4.78, 5) is 0. The molecule has 0 saturated heterocycles. The molecular formula is C7H6ClN3O2S. The summed E-state index contributed by atoms with van der Waals surface area (Å²) in [5.74, 6) is 0. The molecule has 0 aliphatic rings. The smallest absolute Gasteiger partial charge is 0.270 e. The van der Waals surface area contributed by atoms with Crippen molar-refractivity contribution in [1.29, 1.82) is 5.26 Å². The molecule has 1 rings (SSSR count). The lowest BCUT2D eigenvalue weighted by Gasteiger charge is -2.05. The van der Waals surface area contributed by atoms with Gasteiger partial charge in [0.05, 0.1) is 22.3 Å². The van der Waals surface area contributed by atoms with Crippen molar-refractivity contribution in [3.63, 3.8) is 0 Å². The number of benzene rings is 1. The van der Waals surface area contributed by atoms with E-state index in [-0.39, 0.29) is 10.7 Å². The summed E-state index contributed by atoms with van der Waals surface area (Å²) in [5.41, 5.74) is 0.383. The summed E-state index contributed by atoms with van der Waals surface area (Å²) in [5, 5.41) is 13.5. The molecule has 0 aromatic heterocycles. The van der Waals surface area contributed by atoms with Crippen molar-refractivity contribution < 1.29 is 8.42 Å². The van der Waals surface area contributed by atoms with Gasteiger partial charge in [-0.3, -0.25) is 4.72 Å². The van der Waals surface area contributed by atoms with E-state index in [1.165, 1.54) is 18.2 Å². The van der Waals surface area contributed by atoms with Gasteiger partial charge in [-0.1, -0.05) is 11.6 Å². The molecular weight excluding hydrogens is 226 g/mol. The minimum Gasteiger partial charge on any atom is -0.270 e. The van der Waals surface area contributed by atoms with Gasteiger partial charge in [-0.05, 0) is 18.2 Å². The van der Waals surface area contributed by atoms with Gasteiger partial charge in [0.2, 0.25) is 0 Å². The van der Waals surface area contributed by atoms with Gasteiger partial charge in [0, 0.05) is 0 Å². The van der Waals surface area contributed by atoms with Crippen molar-refractivity contribution in [3.8, 4) is 6.07 Å². The molecule has 3 N–H and O–H groups in total. The fourth-order valence-corrected chi connectivity index (χ4v) is 1.52. The van der Waals surface area contributed by atoms with Crippen LogP contribution in [0.15, 0.2) is 18.2 Å². The summed E-state index contributed by atoms with van der Waals surface area (Å²) >= 11 is 5.67. The van der Waals surface area contributed by atoms with E-state index in [1.54, 1.807) is 0 Å². The van der Waals surface area contributed by atoms with Gasteiger partial charge in [-0.15, -0.1) is 0 Å². The Morgan fingerprint density at radius 3 is 2.64 bits per heavy atom. The highest BCUT2D eigenvalue weighted by Gasteiger charge is 2.07. The zero-order chi connectivity index (χ0) is 10.8. The quantitative estimate of drug-likeness (QED) is 0.789. The van der Waals surface area contributed by atoms with Crippen molar-refractivity contribution in [3.05, 3.63) is 28.8 Å². The van der Waals surface area contributed by atoms with Gasteiger partial charge < -0.3 is 0 Å². The molecule has 0 bridgehead atoms. The minimum absolute atomic E-state index is 0.0909. The lowest BCUT2D eigenvalue weighted by atomic mass is 10.2. The van der Waals surface area contributed by atoms with Gasteiger partial charge in [0.15, 0.2) is 0 Å². The van der Waals surface area contributed by atoms with E-state index in [1.807, 2.05) is 10.8 Å². The number of hydrogen-bond acceptors (Lipinski definition) is 3. The van der Waals surface area contributed by atoms with E-state index in [0.717, 1.165) is 0 Å². The molecule has 0 heterocycles. The zero-order valence-corrected chi connectivity index (χ0v) is 8.43. The summed E-state index contributed by atoms with van der Waals surface area (Å²) < 4.78 is 23.3. The van der Waals surface area contributed by atoms with Crippen LogP contribution in [0.3, 0.4) is 0 Å². The second kappa shape index (κ2) is 3.84. The average molecular weight is 232 g/mol. The van der Waals surface area contributed by atoms with Gasteiger partial charge in [-0.25, -0.2) is 5.14 Å². The Labute approximate surface area is 86.3 Å². The van der Waals surface area contributed by atoms with Crippen molar-refractivity contribution in [2.24, 2.45) is 5.14 Å². The Hall–Kier alpha value is -1.29. The Kier molecular flexibility index (Phi) is 2.96. The lowest BCUT2D eigenvalue weighted by molar-refractivity contribution is 0.603. The number of anilines is 1. The highest BCUT2D eigenvalue weighted by atomic mass is 35.5. The number of halogens is 1. The van der Waals surface area contributed by atoms with E-state index >= 15 is 0 Å². The number of nitrogens with two attached hydrogens (primary N) is 1. The molecule has 0 saturated carbocycles. The first-order chi connectivity index (χ1) is 6.42. The number of hydrogen-bond donors (Lipinski definition) is 2. The van der Waals surface area contributed by atoms with Crippen molar-refractivity contribution in [2.45, 2.75) is 0 Å². The first-order valence-corrected chi connectivity index (χ1v) is 5.35. The van der Waals surface area contributed by atoms with E-state index in [0.29, 0.717) is 5.56 Å². The van der Waals surface area contributed by atoms with Crippen molar-refractivity contribution >= 4 is 27.5 Å². The van der Waals surface area contributed by atoms with E-state index in [2.05, 4.69) is 0 Å². The van der Waals surface area contributed by atoms with Crippen molar-refractivity contribution in [1.82, 2.24) is 0 Å². The largest absolute Gasteiger partial charge is 0.296 e. The molecule has 1 aromatic rings. The van der Waals surface area contributed by atoms with Crippen LogP contribution in [0.2, 0.25) is 5.02 Å². The third kappa shape index (κ3) is 2.88. The van der Waals surface area contributed by atoms with Crippen LogP contribution in [0.4, 0.5) is 5.69 Å². The molecule has 0 atom stereocenters. The molecule has 0 aliphatic carbocycles. The van der Waals surface area contributed by atoms with E-state index < -0.39 is 10.2 Å². The Morgan fingerprint density at radius 2 is 2.14 bits per heavy atom. The SMILES string of the molecule is N#Cc1ccc(Cl)c(NS(N)(=O)=O)c1. The first-order valence-electron chi connectivity index (χ1n) is 3.42. The minimum atomic E-state index is -3.87. The standard InChI is InChI=1S/C7H6ClN3O2S/c8-6-2-1-5(4-9)3-7(6)11-14(10,12)13/h1-3,11H,(H2,10,12,13). The molecule has 0 fully saturated rings. The maximum absolute atomic E-state index is 10.7. The normalized spacial score (nSPS) is 10.6. The average Bonchev–Trinajstić information content (AvgIpc) is 2.06. The predicted molar refractivity (Wildman–Crippen MR) is 52.9 cm³/mol. The van der Waals surface area contributed by atoms with Gasteiger partial charge >= 0.3 is 0 Å². The van der Waals surface area contributed by atoms with Crippen LogP contribution in [-0.2, 0) is 10.2 Å². The molecule has 14 heavy (non-hydrogen) atoms. The lowest BCUT2D eigenvalue weighted by Crippen LogP contribution is -2.21. The van der Waals surface area contributed by atoms with Crippen LogP contribution >= 0.6 is 11.6 Å². The monoisotopic (exact) mass is 231 g/mol. The van der Waals surface area contributed by atoms with Crippen LogP contribution in [0.25, 0.3) is 0 Å². The summed E-state index contributed by atoms with van der Waals surface area (Å²) in [6.07, 6.45) is 0. The van der Waals surface area contributed by atoms with Crippen LogP contribution in [-0.4, -0.2) is 8.42 Å². The molecule has 0 aliphatic heterocycles. The third-order valence-corrected chi connectivity index (χ3v) is 2.18. The maximum atomic E-state index is 10.7. The van der Waals surface area contributed by atoms with E-state index in [4.69, 9.17) is 22.0 Å². The fourth-order valence-electron chi connectivity index (χ4n) is 0.826. The van der Waals surface area contributed by atoms with Gasteiger partial charge in [-0.2, -0.15) is 13.7 Å². The molecule has 0 radical (unpaired) electrons. The highest BCUT2D eigenvalue weighted by Crippen LogP contribution is 2.23. The summed E-state index contributed by atoms with van der Waals surface area (Å²) in [6, 6.07) is 6.02. The topological polar surface area (TPSA) is 96.0 Å². The van der Waals surface area contributed by atoms with Crippen molar-refractivity contribution in [2.75, 3.05) is 4.72 Å². The predicted octanol–water partition coefficient (Wildman–Crippen LogP) is 0.827. The summed E-state index contributed by atoms with van der Waals surface area (Å²) in [7, 11) is -3.87. The highest BCUT2D eigenvalue weighted by molar-refractivity contribution is 7.90. The molecule has 0 amide bonds. The molecule has 0 spiro atoms. The van der Waals surface area contributed by atoms with Crippen LogP contribution in [0.1, 0.15) is 5.56 Å². The summed E-state index contributed by atoms with van der Waals surface area (Å²) in [6.45, 7) is 0. The third-order valence-electron chi connectivity index (χ3n) is 1.35. The zero-order valence-electron chi connectivity index (χ0n) is 6.86. The molecule has 7 heteroatoms. The number of nitrogens with one attached hydrogen (secondary N) is 1. The number of rotatable bonds is 2. The second-order valence-electron chi connectivity index (χ2n) is 2.45.